The molecule has 3 aromatic carbocycles. The largest absolute Gasteiger partial charge is 0.255 e. The van der Waals surface area contributed by atoms with Crippen molar-refractivity contribution < 1.29 is 0 Å². The minimum absolute atomic E-state index is 0.702. The van der Waals surface area contributed by atoms with Gasteiger partial charge in [-0.15, -0.1) is 0 Å². The van der Waals surface area contributed by atoms with Crippen LogP contribution in [0.1, 0.15) is 0 Å². The molecule has 10 nitrogen and oxygen atoms in total. The molecule has 0 saturated carbocycles. The summed E-state index contributed by atoms with van der Waals surface area (Å²) in [5.41, 5.74) is 9.43. The molecule has 6 aromatic heterocycles. The molecule has 186 valence electrons. The minimum Gasteiger partial charge on any atom is -0.255 e. The van der Waals surface area contributed by atoms with Crippen molar-refractivity contribution in [2.45, 2.75) is 0 Å². The molecule has 0 amide bonds. The molecular weight excluding hydrogens is 500 g/mol. The fourth-order valence-corrected chi connectivity index (χ4v) is 5.00. The van der Waals surface area contributed by atoms with Crippen molar-refractivity contribution in [3.63, 3.8) is 0 Å². The fraction of sp³-hybridized carbons (Fsp3) is 0. The van der Waals surface area contributed by atoms with E-state index in [9.17, 15) is 0 Å². The van der Waals surface area contributed by atoms with Crippen molar-refractivity contribution >= 4 is 77.0 Å². The van der Waals surface area contributed by atoms with Crippen molar-refractivity contribution in [1.29, 1.82) is 0 Å². The number of fused-ring (bicyclic) bond motifs is 13. The summed E-state index contributed by atoms with van der Waals surface area (Å²) in [4.78, 5) is 44.6. The molecule has 0 saturated heterocycles. The van der Waals surface area contributed by atoms with Gasteiger partial charge < -0.3 is 0 Å². The van der Waals surface area contributed by atoms with Crippen LogP contribution in [0.25, 0.3) is 77.0 Å². The first-order valence-electron chi connectivity index (χ1n) is 12.5. The summed E-state index contributed by atoms with van der Waals surface area (Å²) in [6.07, 6.45) is 13.4. The Bertz CT molecular complexity index is 2090. The zero-order valence-electron chi connectivity index (χ0n) is 20.7. The van der Waals surface area contributed by atoms with Crippen LogP contribution in [0.4, 0.5) is 0 Å². The third-order valence-electron chi connectivity index (χ3n) is 6.69. The van der Waals surface area contributed by atoms with E-state index in [1.165, 1.54) is 0 Å². The zero-order valence-corrected chi connectivity index (χ0v) is 20.7. The van der Waals surface area contributed by atoms with Gasteiger partial charge in [-0.2, -0.15) is 0 Å². The fourth-order valence-electron chi connectivity index (χ4n) is 5.00. The van der Waals surface area contributed by atoms with E-state index in [1.54, 1.807) is 49.6 Å². The topological polar surface area (TPSA) is 129 Å². The molecule has 40 heavy (non-hydrogen) atoms. The maximum atomic E-state index is 4.81. The van der Waals surface area contributed by atoms with E-state index in [1.807, 2.05) is 48.5 Å². The second-order valence-corrected chi connectivity index (χ2v) is 8.97. The Morgan fingerprint density at radius 1 is 0.275 bits per heavy atom. The molecule has 9 aromatic rings. The molecule has 0 aliphatic rings. The lowest BCUT2D eigenvalue weighted by Gasteiger charge is -2.08. The van der Waals surface area contributed by atoms with Gasteiger partial charge in [0.05, 0.1) is 16.6 Å². The van der Waals surface area contributed by atoms with E-state index >= 15 is 0 Å². The van der Waals surface area contributed by atoms with Gasteiger partial charge in [0.1, 0.15) is 49.7 Å². The molecule has 0 aliphatic carbocycles. The summed E-state index contributed by atoms with van der Waals surface area (Å²) in [5, 5.41) is 2.02. The number of para-hydroxylation sites is 2. The summed E-state index contributed by atoms with van der Waals surface area (Å²) in [7, 11) is 0. The van der Waals surface area contributed by atoms with Crippen LogP contribution < -0.4 is 0 Å². The Balaban J connectivity index is 0.000000125. The van der Waals surface area contributed by atoms with E-state index in [-0.39, 0.29) is 0 Å². The third kappa shape index (κ3) is 3.36. The van der Waals surface area contributed by atoms with E-state index < -0.39 is 0 Å². The van der Waals surface area contributed by atoms with Crippen LogP contribution in [0.15, 0.2) is 98.1 Å². The molecule has 0 aliphatic heterocycles. The number of rotatable bonds is 0. The molecule has 6 heterocycles. The highest BCUT2D eigenvalue weighted by Crippen LogP contribution is 2.31. The SMILES string of the molecule is c1ccc2nc3c4ncccc4c4ncccc4c3nc2c1.c1cnc2c(n1)c1nccnc1c1nccnc21. The summed E-state index contributed by atoms with van der Waals surface area (Å²) in [5.74, 6) is 0. The molecule has 0 radical (unpaired) electrons. The molecule has 9 rings (SSSR count). The van der Waals surface area contributed by atoms with Crippen LogP contribution in [-0.4, -0.2) is 49.8 Å². The molecule has 0 spiro atoms. The Kier molecular flexibility index (Phi) is 4.89. The molecular formula is C30H16N10. The van der Waals surface area contributed by atoms with Crippen molar-refractivity contribution in [2.24, 2.45) is 0 Å². The number of benzene rings is 3. The maximum absolute atomic E-state index is 4.81. The molecule has 10 heteroatoms. The lowest BCUT2D eigenvalue weighted by Crippen LogP contribution is -1.94. The Labute approximate surface area is 224 Å². The number of nitrogens with zero attached hydrogens (tertiary/aromatic N) is 10. The van der Waals surface area contributed by atoms with E-state index in [0.717, 1.165) is 43.9 Å². The Morgan fingerprint density at radius 2 is 0.650 bits per heavy atom. The van der Waals surface area contributed by atoms with Gasteiger partial charge in [0.15, 0.2) is 0 Å². The van der Waals surface area contributed by atoms with Crippen LogP contribution >= 0.6 is 0 Å². The van der Waals surface area contributed by atoms with Crippen LogP contribution in [-0.2, 0) is 0 Å². The lowest BCUT2D eigenvalue weighted by atomic mass is 10.1. The first-order chi connectivity index (χ1) is 19.9. The quantitative estimate of drug-likeness (QED) is 0.191. The minimum atomic E-state index is 0.702. The van der Waals surface area contributed by atoms with Crippen LogP contribution in [0.5, 0.6) is 0 Å². The van der Waals surface area contributed by atoms with Gasteiger partial charge in [0, 0.05) is 60.3 Å². The van der Waals surface area contributed by atoms with E-state index in [4.69, 9.17) is 9.97 Å². The number of hydrogen-bond donors (Lipinski definition) is 0. The Hall–Kier alpha value is -5.90. The highest BCUT2D eigenvalue weighted by molar-refractivity contribution is 6.21. The van der Waals surface area contributed by atoms with Crippen LogP contribution in [0, 0.1) is 0 Å². The molecule has 0 atom stereocenters. The van der Waals surface area contributed by atoms with Gasteiger partial charge in [0.25, 0.3) is 0 Å². The highest BCUT2D eigenvalue weighted by Gasteiger charge is 2.14. The first-order valence-corrected chi connectivity index (χ1v) is 12.5. The van der Waals surface area contributed by atoms with Gasteiger partial charge in [-0.25, -0.2) is 9.97 Å². The van der Waals surface area contributed by atoms with Crippen molar-refractivity contribution in [3.8, 4) is 0 Å². The Morgan fingerprint density at radius 3 is 1.12 bits per heavy atom. The van der Waals surface area contributed by atoms with Gasteiger partial charge >= 0.3 is 0 Å². The average molecular weight is 517 g/mol. The molecule has 0 N–H and O–H groups in total. The normalized spacial score (nSPS) is 11.5. The average Bonchev–Trinajstić information content (AvgIpc) is 3.05. The van der Waals surface area contributed by atoms with Gasteiger partial charge in [0.2, 0.25) is 0 Å². The zero-order chi connectivity index (χ0) is 26.5. The lowest BCUT2D eigenvalue weighted by molar-refractivity contribution is 1.24. The van der Waals surface area contributed by atoms with Gasteiger partial charge in [-0.3, -0.25) is 39.9 Å². The first kappa shape index (κ1) is 22.1. The summed E-state index contributed by atoms with van der Waals surface area (Å²) >= 11 is 0. The van der Waals surface area contributed by atoms with E-state index in [2.05, 4.69) is 39.9 Å². The molecule has 0 unspecified atom stereocenters. The summed E-state index contributed by atoms with van der Waals surface area (Å²) in [6.45, 7) is 0. The molecule has 0 bridgehead atoms. The number of aromatic nitrogens is 10. The maximum Gasteiger partial charge on any atom is 0.119 e. The van der Waals surface area contributed by atoms with Crippen molar-refractivity contribution in [2.75, 3.05) is 0 Å². The number of hydrogen-bond acceptors (Lipinski definition) is 10. The van der Waals surface area contributed by atoms with Gasteiger partial charge in [-0.05, 0) is 36.4 Å². The smallest absolute Gasteiger partial charge is 0.119 e. The third-order valence-corrected chi connectivity index (χ3v) is 6.69. The van der Waals surface area contributed by atoms with Crippen LogP contribution in [0.2, 0.25) is 0 Å². The van der Waals surface area contributed by atoms with Crippen molar-refractivity contribution in [3.05, 3.63) is 98.1 Å². The predicted octanol–water partition coefficient (Wildman–Crippen LogP) is 5.40. The van der Waals surface area contributed by atoms with E-state index in [0.29, 0.717) is 33.1 Å². The standard InChI is InChI=1S/C18H10N4.C12H6N6/c1-2-8-14-13(7-1)21-17-12-6-4-9-19-15(12)11-5-3-10-20-16(11)18(17)22-14;1-2-14-8-7(13-1)9-11(17-4-3-15-9)12-10(8)16-5-6-18-12/h1-10H;1-6H. The summed E-state index contributed by atoms with van der Waals surface area (Å²) < 4.78 is 0. The molecule has 0 fully saturated rings. The number of pyridine rings is 2. The van der Waals surface area contributed by atoms with Gasteiger partial charge in [-0.1, -0.05) is 12.1 Å². The monoisotopic (exact) mass is 516 g/mol. The second kappa shape index (κ2) is 8.84. The van der Waals surface area contributed by atoms with Crippen molar-refractivity contribution in [1.82, 2.24) is 49.8 Å². The summed E-state index contributed by atoms with van der Waals surface area (Å²) in [6, 6.07) is 15.8. The van der Waals surface area contributed by atoms with Crippen LogP contribution in [0.3, 0.4) is 0 Å². The highest BCUT2D eigenvalue weighted by atomic mass is 14.9. The second-order valence-electron chi connectivity index (χ2n) is 8.97. The predicted molar refractivity (Wildman–Crippen MR) is 153 cm³/mol.